The van der Waals surface area contributed by atoms with Crippen LogP contribution in [-0.2, 0) is 0 Å². The van der Waals surface area contributed by atoms with E-state index in [1.165, 1.54) is 6.07 Å². The molecule has 1 heterocycles. The summed E-state index contributed by atoms with van der Waals surface area (Å²) in [7, 11) is 0. The first-order valence-corrected chi connectivity index (χ1v) is 6.10. The van der Waals surface area contributed by atoms with Crippen LogP contribution in [0.3, 0.4) is 0 Å². The molecule has 0 bridgehead atoms. The number of nitrogens with zero attached hydrogens (tertiary/aromatic N) is 1. The Hall–Kier alpha value is -2.13. The topological polar surface area (TPSA) is 26.0 Å². The lowest BCUT2D eigenvalue weighted by atomic mass is 10.1. The summed E-state index contributed by atoms with van der Waals surface area (Å²) in [6, 6.07) is 12.1. The maximum Gasteiger partial charge on any atom is 0.167 e. The summed E-state index contributed by atoms with van der Waals surface area (Å²) < 4.78 is 18.8. The molecule has 19 heavy (non-hydrogen) atoms. The maximum atomic E-state index is 13.6. The van der Waals surface area contributed by atoms with E-state index in [9.17, 15) is 4.39 Å². The third-order valence-electron chi connectivity index (χ3n) is 2.81. The molecule has 0 N–H and O–H groups in total. The van der Waals surface area contributed by atoms with E-state index in [0.717, 1.165) is 10.9 Å². The molecule has 0 aliphatic rings. The van der Waals surface area contributed by atoms with Gasteiger partial charge < -0.3 is 4.52 Å². The molecular formula is C15H9ClFNO. The van der Waals surface area contributed by atoms with Gasteiger partial charge in [0.1, 0.15) is 11.3 Å². The van der Waals surface area contributed by atoms with Crippen molar-refractivity contribution in [3.8, 4) is 0 Å². The van der Waals surface area contributed by atoms with Gasteiger partial charge in [-0.2, -0.15) is 0 Å². The number of rotatable bonds is 2. The Morgan fingerprint density at radius 1 is 1.05 bits per heavy atom. The van der Waals surface area contributed by atoms with Crippen LogP contribution in [0.1, 0.15) is 11.3 Å². The molecule has 0 fully saturated rings. The second-order valence-corrected chi connectivity index (χ2v) is 4.44. The van der Waals surface area contributed by atoms with Crippen LogP contribution >= 0.6 is 11.6 Å². The molecule has 0 unspecified atom stereocenters. The van der Waals surface area contributed by atoms with Gasteiger partial charge in [0.05, 0.1) is 5.02 Å². The fourth-order valence-corrected chi connectivity index (χ4v) is 2.08. The van der Waals surface area contributed by atoms with Crippen LogP contribution in [0.2, 0.25) is 5.02 Å². The molecule has 3 rings (SSSR count). The molecule has 0 amide bonds. The Morgan fingerprint density at radius 2 is 1.89 bits per heavy atom. The van der Waals surface area contributed by atoms with Gasteiger partial charge in [-0.05, 0) is 36.4 Å². The molecule has 0 spiro atoms. The second-order valence-electron chi connectivity index (χ2n) is 4.03. The third kappa shape index (κ3) is 2.25. The highest BCUT2D eigenvalue weighted by molar-refractivity contribution is 6.32. The molecular weight excluding hydrogens is 265 g/mol. The van der Waals surface area contributed by atoms with Crippen molar-refractivity contribution in [2.45, 2.75) is 0 Å². The van der Waals surface area contributed by atoms with Gasteiger partial charge >= 0.3 is 0 Å². The summed E-state index contributed by atoms with van der Waals surface area (Å²) in [5, 5.41) is 5.16. The highest BCUT2D eigenvalue weighted by atomic mass is 35.5. The van der Waals surface area contributed by atoms with Crippen LogP contribution in [0.25, 0.3) is 23.1 Å². The molecule has 1 aromatic heterocycles. The van der Waals surface area contributed by atoms with Gasteiger partial charge in [0.25, 0.3) is 0 Å². The van der Waals surface area contributed by atoms with Gasteiger partial charge in [-0.15, -0.1) is 0 Å². The Bertz CT molecular complexity index is 743. The molecule has 3 aromatic rings. The van der Waals surface area contributed by atoms with E-state index in [4.69, 9.17) is 16.1 Å². The van der Waals surface area contributed by atoms with Crippen molar-refractivity contribution < 1.29 is 8.91 Å². The van der Waals surface area contributed by atoms with Crippen LogP contribution in [0.15, 0.2) is 47.0 Å². The van der Waals surface area contributed by atoms with Crippen molar-refractivity contribution in [3.63, 3.8) is 0 Å². The summed E-state index contributed by atoms with van der Waals surface area (Å²) in [5.41, 5.74) is 1.10. The van der Waals surface area contributed by atoms with Crippen LogP contribution in [0.5, 0.6) is 0 Å². The first-order valence-electron chi connectivity index (χ1n) is 5.72. The van der Waals surface area contributed by atoms with Crippen molar-refractivity contribution in [2.24, 2.45) is 0 Å². The van der Waals surface area contributed by atoms with Gasteiger partial charge in [0.2, 0.25) is 0 Å². The summed E-state index contributed by atoms with van der Waals surface area (Å²) in [6.45, 7) is 0. The van der Waals surface area contributed by atoms with E-state index >= 15 is 0 Å². The molecule has 2 nitrogen and oxygen atoms in total. The Morgan fingerprint density at radius 3 is 2.74 bits per heavy atom. The van der Waals surface area contributed by atoms with Gasteiger partial charge in [-0.1, -0.05) is 35.0 Å². The molecule has 2 aromatic carbocycles. The van der Waals surface area contributed by atoms with Gasteiger partial charge in [-0.25, -0.2) is 4.39 Å². The van der Waals surface area contributed by atoms with Crippen LogP contribution in [0, 0.1) is 5.82 Å². The van der Waals surface area contributed by atoms with Gasteiger partial charge in [0.15, 0.2) is 5.76 Å². The SMILES string of the molecule is Fc1cccc(Cl)c1/C=C/c1onc2ccccc12. The Kier molecular flexibility index (Phi) is 3.05. The Balaban J connectivity index is 2.03. The average molecular weight is 274 g/mol. The fourth-order valence-electron chi connectivity index (χ4n) is 1.86. The molecule has 0 aliphatic carbocycles. The predicted octanol–water partition coefficient (Wildman–Crippen LogP) is 4.79. The molecule has 0 atom stereocenters. The van der Waals surface area contributed by atoms with Gasteiger partial charge in [0, 0.05) is 10.9 Å². The third-order valence-corrected chi connectivity index (χ3v) is 3.14. The number of fused-ring (bicyclic) bond motifs is 1. The standard InChI is InChI=1S/C15H9ClFNO/c16-12-5-3-6-13(17)10(12)8-9-15-11-4-1-2-7-14(11)18-19-15/h1-9H/b9-8+. The second kappa shape index (κ2) is 4.86. The monoisotopic (exact) mass is 273 g/mol. The van der Waals surface area contributed by atoms with E-state index in [2.05, 4.69) is 5.16 Å². The largest absolute Gasteiger partial charge is 0.356 e. The summed E-state index contributed by atoms with van der Waals surface area (Å²) in [6.07, 6.45) is 3.25. The van der Waals surface area contributed by atoms with E-state index in [1.807, 2.05) is 24.3 Å². The first-order chi connectivity index (χ1) is 9.25. The smallest absolute Gasteiger partial charge is 0.167 e. The minimum absolute atomic E-state index is 0.338. The van der Waals surface area contributed by atoms with Crippen molar-refractivity contribution in [1.29, 1.82) is 0 Å². The lowest BCUT2D eigenvalue weighted by Crippen LogP contribution is -1.82. The summed E-state index contributed by atoms with van der Waals surface area (Å²) >= 11 is 5.95. The van der Waals surface area contributed by atoms with E-state index in [1.54, 1.807) is 24.3 Å². The molecule has 0 saturated heterocycles. The molecule has 0 aliphatic heterocycles. The molecule has 0 radical (unpaired) electrons. The highest BCUT2D eigenvalue weighted by Gasteiger charge is 2.06. The average Bonchev–Trinajstić information content (AvgIpc) is 2.82. The minimum Gasteiger partial charge on any atom is -0.356 e. The molecule has 4 heteroatoms. The number of benzene rings is 2. The van der Waals surface area contributed by atoms with Crippen LogP contribution in [-0.4, -0.2) is 5.16 Å². The zero-order valence-electron chi connectivity index (χ0n) is 9.81. The quantitative estimate of drug-likeness (QED) is 0.671. The van der Waals surface area contributed by atoms with Gasteiger partial charge in [-0.3, -0.25) is 0 Å². The van der Waals surface area contributed by atoms with E-state index in [-0.39, 0.29) is 5.82 Å². The highest BCUT2D eigenvalue weighted by Crippen LogP contribution is 2.24. The Labute approximate surface area is 114 Å². The fraction of sp³-hybridized carbons (Fsp3) is 0. The summed E-state index contributed by atoms with van der Waals surface area (Å²) in [4.78, 5) is 0. The normalized spacial score (nSPS) is 11.5. The number of hydrogen-bond acceptors (Lipinski definition) is 2. The lowest BCUT2D eigenvalue weighted by Gasteiger charge is -1.98. The van der Waals surface area contributed by atoms with E-state index < -0.39 is 0 Å². The lowest BCUT2D eigenvalue weighted by molar-refractivity contribution is 0.421. The zero-order valence-corrected chi connectivity index (χ0v) is 10.6. The number of hydrogen-bond donors (Lipinski definition) is 0. The van der Waals surface area contributed by atoms with Crippen molar-refractivity contribution in [1.82, 2.24) is 5.16 Å². The van der Waals surface area contributed by atoms with Crippen LogP contribution in [0.4, 0.5) is 4.39 Å². The minimum atomic E-state index is -0.368. The van der Waals surface area contributed by atoms with Crippen molar-refractivity contribution in [3.05, 3.63) is 64.6 Å². The first kappa shape index (κ1) is 11.9. The van der Waals surface area contributed by atoms with Crippen LogP contribution < -0.4 is 0 Å². The molecule has 94 valence electrons. The summed E-state index contributed by atoms with van der Waals surface area (Å²) in [5.74, 6) is 0.211. The molecule has 0 saturated carbocycles. The predicted molar refractivity (Wildman–Crippen MR) is 74.3 cm³/mol. The number of aromatic nitrogens is 1. The van der Waals surface area contributed by atoms with E-state index in [0.29, 0.717) is 16.3 Å². The van der Waals surface area contributed by atoms with Crippen molar-refractivity contribution in [2.75, 3.05) is 0 Å². The maximum absolute atomic E-state index is 13.6. The van der Waals surface area contributed by atoms with Crippen molar-refractivity contribution >= 4 is 34.7 Å². The zero-order chi connectivity index (χ0) is 13.2. The number of halogens is 2.